The molecule has 0 aliphatic carbocycles. The molecule has 2 aromatic rings. The first-order valence-electron chi connectivity index (χ1n) is 7.96. The SMILES string of the molecule is CCCCCCc1c(Oc2cccc([O-])c2)cccc1S(=O)(=O)O.[Na+]. The van der Waals surface area contributed by atoms with E-state index in [-0.39, 0.29) is 40.2 Å². The topological polar surface area (TPSA) is 86.7 Å². The van der Waals surface area contributed by atoms with Crippen LogP contribution in [0.15, 0.2) is 47.4 Å². The first kappa shape index (κ1) is 22.0. The second-order valence-corrected chi connectivity index (χ2v) is 6.99. The Kier molecular flexibility index (Phi) is 8.96. The first-order valence-corrected chi connectivity index (χ1v) is 9.40. The summed E-state index contributed by atoms with van der Waals surface area (Å²) in [4.78, 5) is -0.144. The number of ether oxygens (including phenoxy) is 1. The van der Waals surface area contributed by atoms with Crippen LogP contribution in [0.25, 0.3) is 0 Å². The van der Waals surface area contributed by atoms with E-state index in [2.05, 4.69) is 6.92 Å². The van der Waals surface area contributed by atoms with Gasteiger partial charge in [0.1, 0.15) is 16.4 Å². The van der Waals surface area contributed by atoms with Crippen LogP contribution in [-0.2, 0) is 16.5 Å². The fraction of sp³-hybridized carbons (Fsp3) is 0.333. The smallest absolute Gasteiger partial charge is 0.872 e. The van der Waals surface area contributed by atoms with Crippen molar-refractivity contribution in [3.8, 4) is 17.2 Å². The van der Waals surface area contributed by atoms with Gasteiger partial charge in [-0.3, -0.25) is 4.55 Å². The molecule has 0 atom stereocenters. The van der Waals surface area contributed by atoms with Gasteiger partial charge in [-0.1, -0.05) is 44.4 Å². The Balaban J connectivity index is 0.00000312. The van der Waals surface area contributed by atoms with Crippen molar-refractivity contribution in [3.63, 3.8) is 0 Å². The van der Waals surface area contributed by atoms with E-state index < -0.39 is 10.1 Å². The predicted octanol–water partition coefficient (Wildman–Crippen LogP) is 0.926. The molecule has 0 aromatic heterocycles. The maximum atomic E-state index is 11.7. The molecule has 0 saturated heterocycles. The average molecular weight is 372 g/mol. The zero-order chi connectivity index (χ0) is 17.6. The Hall–Kier alpha value is -1.05. The normalized spacial score (nSPS) is 11.0. The van der Waals surface area contributed by atoms with Gasteiger partial charge in [-0.05, 0) is 37.1 Å². The van der Waals surface area contributed by atoms with Crippen LogP contribution in [0.3, 0.4) is 0 Å². The molecule has 130 valence electrons. The summed E-state index contributed by atoms with van der Waals surface area (Å²) in [6, 6.07) is 10.5. The van der Waals surface area contributed by atoms with Crippen molar-refractivity contribution in [2.45, 2.75) is 43.9 Å². The van der Waals surface area contributed by atoms with E-state index in [9.17, 15) is 18.1 Å². The van der Waals surface area contributed by atoms with Crippen LogP contribution in [0.2, 0.25) is 0 Å². The maximum Gasteiger partial charge on any atom is 1.00 e. The quantitative estimate of drug-likeness (QED) is 0.423. The third kappa shape index (κ3) is 6.64. The first-order chi connectivity index (χ1) is 11.4. The molecule has 25 heavy (non-hydrogen) atoms. The van der Waals surface area contributed by atoms with Crippen molar-refractivity contribution in [2.75, 3.05) is 0 Å². The minimum Gasteiger partial charge on any atom is -0.872 e. The Bertz CT molecular complexity index is 790. The number of hydrogen-bond donors (Lipinski definition) is 1. The predicted molar refractivity (Wildman–Crippen MR) is 90.1 cm³/mol. The van der Waals surface area contributed by atoms with Crippen molar-refractivity contribution < 1.29 is 52.4 Å². The molecule has 5 nitrogen and oxygen atoms in total. The van der Waals surface area contributed by atoms with E-state index in [4.69, 9.17) is 4.74 Å². The zero-order valence-electron chi connectivity index (χ0n) is 14.6. The summed E-state index contributed by atoms with van der Waals surface area (Å²) in [7, 11) is -4.34. The van der Waals surface area contributed by atoms with Crippen LogP contribution in [0.5, 0.6) is 17.2 Å². The standard InChI is InChI=1S/C18H22O5S.Na/c1-2-3-4-5-10-16-17(11-7-12-18(16)24(20,21)22)23-15-9-6-8-14(19)13-15;/h6-9,11-13,19H,2-5,10H2,1H3,(H,20,21,22);/q;+1/p-1. The van der Waals surface area contributed by atoms with Crippen molar-refractivity contribution in [1.82, 2.24) is 0 Å². The van der Waals surface area contributed by atoms with E-state index >= 15 is 0 Å². The fourth-order valence-electron chi connectivity index (χ4n) is 2.52. The summed E-state index contributed by atoms with van der Waals surface area (Å²) in [6.07, 6.45) is 4.36. The van der Waals surface area contributed by atoms with Gasteiger partial charge < -0.3 is 9.84 Å². The van der Waals surface area contributed by atoms with Gasteiger partial charge in [0.2, 0.25) is 0 Å². The van der Waals surface area contributed by atoms with Gasteiger partial charge in [-0.25, -0.2) is 0 Å². The van der Waals surface area contributed by atoms with Crippen LogP contribution in [0, 0.1) is 0 Å². The fourth-order valence-corrected chi connectivity index (χ4v) is 3.29. The van der Waals surface area contributed by atoms with Crippen molar-refractivity contribution in [2.24, 2.45) is 0 Å². The Morgan fingerprint density at radius 2 is 1.80 bits per heavy atom. The largest absolute Gasteiger partial charge is 1.00 e. The van der Waals surface area contributed by atoms with Gasteiger partial charge in [0, 0.05) is 5.56 Å². The van der Waals surface area contributed by atoms with Gasteiger partial charge in [-0.15, -0.1) is 5.75 Å². The van der Waals surface area contributed by atoms with Gasteiger partial charge in [0.15, 0.2) is 0 Å². The second-order valence-electron chi connectivity index (χ2n) is 5.60. The van der Waals surface area contributed by atoms with Crippen LogP contribution in [0.1, 0.15) is 38.2 Å². The molecule has 0 aliphatic heterocycles. The van der Waals surface area contributed by atoms with Gasteiger partial charge in [0.25, 0.3) is 10.1 Å². The monoisotopic (exact) mass is 372 g/mol. The molecule has 0 fully saturated rings. The van der Waals surface area contributed by atoms with Gasteiger partial charge >= 0.3 is 29.6 Å². The van der Waals surface area contributed by atoms with Gasteiger partial charge in [-0.2, -0.15) is 8.42 Å². The maximum absolute atomic E-state index is 11.7. The summed E-state index contributed by atoms with van der Waals surface area (Å²) < 4.78 is 38.5. The van der Waals surface area contributed by atoms with E-state index in [1.807, 2.05) is 0 Å². The molecular formula is C18H21NaO5S. The molecule has 0 saturated carbocycles. The molecule has 0 amide bonds. The van der Waals surface area contributed by atoms with E-state index in [0.29, 0.717) is 23.5 Å². The van der Waals surface area contributed by atoms with Crippen LogP contribution >= 0.6 is 0 Å². The Labute approximate surface area is 171 Å². The molecule has 0 aliphatic rings. The minimum absolute atomic E-state index is 0. The number of hydrogen-bond acceptors (Lipinski definition) is 4. The molecule has 0 heterocycles. The summed E-state index contributed by atoms with van der Waals surface area (Å²) in [5.41, 5.74) is 0.437. The second kappa shape index (κ2) is 10.2. The summed E-state index contributed by atoms with van der Waals surface area (Å²) >= 11 is 0. The van der Waals surface area contributed by atoms with Crippen molar-refractivity contribution in [1.29, 1.82) is 0 Å². The van der Waals surface area contributed by atoms with E-state index in [1.54, 1.807) is 18.2 Å². The molecule has 0 unspecified atom stereocenters. The van der Waals surface area contributed by atoms with Crippen LogP contribution < -0.4 is 39.4 Å². The van der Waals surface area contributed by atoms with Crippen LogP contribution in [0.4, 0.5) is 0 Å². The average Bonchev–Trinajstić information content (AvgIpc) is 2.51. The molecule has 1 N–H and O–H groups in total. The summed E-state index contributed by atoms with van der Waals surface area (Å²) in [5, 5.41) is 11.4. The van der Waals surface area contributed by atoms with Gasteiger partial charge in [0.05, 0.1) is 0 Å². The number of rotatable bonds is 8. The third-order valence-corrected chi connectivity index (χ3v) is 4.62. The van der Waals surface area contributed by atoms with E-state index in [0.717, 1.165) is 25.7 Å². The molecule has 7 heteroatoms. The zero-order valence-corrected chi connectivity index (χ0v) is 17.4. The molecule has 0 radical (unpaired) electrons. The van der Waals surface area contributed by atoms with Crippen molar-refractivity contribution in [3.05, 3.63) is 48.0 Å². The molecule has 0 spiro atoms. The third-order valence-electron chi connectivity index (χ3n) is 3.68. The summed E-state index contributed by atoms with van der Waals surface area (Å²) in [6.45, 7) is 2.09. The Morgan fingerprint density at radius 3 is 2.44 bits per heavy atom. The molecule has 2 aromatic carbocycles. The number of unbranched alkanes of at least 4 members (excludes halogenated alkanes) is 3. The molecular weight excluding hydrogens is 351 g/mol. The Morgan fingerprint density at radius 1 is 1.08 bits per heavy atom. The minimum atomic E-state index is -4.34. The van der Waals surface area contributed by atoms with Crippen LogP contribution in [-0.4, -0.2) is 13.0 Å². The number of benzene rings is 2. The molecule has 2 rings (SSSR count). The summed E-state index contributed by atoms with van der Waals surface area (Å²) in [5.74, 6) is 0.486. The molecule has 0 bridgehead atoms. The van der Waals surface area contributed by atoms with E-state index in [1.165, 1.54) is 24.3 Å². The van der Waals surface area contributed by atoms with Crippen molar-refractivity contribution >= 4 is 10.1 Å².